The maximum atomic E-state index is 13.2. The molecular formula is C23H30N2O6S. The summed E-state index contributed by atoms with van der Waals surface area (Å²) in [5.74, 6) is 1.26. The van der Waals surface area contributed by atoms with E-state index in [1.165, 1.54) is 32.4 Å². The first-order valence-corrected chi connectivity index (χ1v) is 12.0. The van der Waals surface area contributed by atoms with Gasteiger partial charge in [-0.3, -0.25) is 4.79 Å². The number of hydrogen-bond acceptors (Lipinski definition) is 6. The van der Waals surface area contributed by atoms with E-state index in [1.807, 2.05) is 0 Å². The summed E-state index contributed by atoms with van der Waals surface area (Å²) >= 11 is 0. The van der Waals surface area contributed by atoms with Crippen LogP contribution in [0.2, 0.25) is 0 Å². The van der Waals surface area contributed by atoms with E-state index in [4.69, 9.17) is 14.2 Å². The molecule has 0 aliphatic carbocycles. The van der Waals surface area contributed by atoms with Gasteiger partial charge >= 0.3 is 0 Å². The normalized spacial score (nSPS) is 15.2. The van der Waals surface area contributed by atoms with E-state index in [0.29, 0.717) is 35.9 Å². The Kier molecular flexibility index (Phi) is 7.63. The fraction of sp³-hybridized carbons (Fsp3) is 0.435. The zero-order chi connectivity index (χ0) is 23.3. The summed E-state index contributed by atoms with van der Waals surface area (Å²) in [5.41, 5.74) is 0.873. The van der Waals surface area contributed by atoms with Gasteiger partial charge < -0.3 is 19.1 Å². The minimum absolute atomic E-state index is 0.00706. The highest BCUT2D eigenvalue weighted by Crippen LogP contribution is 2.31. The van der Waals surface area contributed by atoms with Gasteiger partial charge in [0.25, 0.3) is 5.91 Å². The van der Waals surface area contributed by atoms with E-state index in [1.54, 1.807) is 37.1 Å². The Morgan fingerprint density at radius 3 is 2.22 bits per heavy atom. The van der Waals surface area contributed by atoms with Crippen LogP contribution in [0.1, 0.15) is 48.1 Å². The van der Waals surface area contributed by atoms with Crippen molar-refractivity contribution in [2.45, 2.75) is 37.1 Å². The lowest BCUT2D eigenvalue weighted by atomic mass is 10.1. The largest absolute Gasteiger partial charge is 0.497 e. The number of nitrogens with one attached hydrogen (secondary N) is 1. The van der Waals surface area contributed by atoms with Crippen LogP contribution < -0.4 is 18.9 Å². The van der Waals surface area contributed by atoms with Crippen LogP contribution in [0.25, 0.3) is 0 Å². The van der Waals surface area contributed by atoms with Gasteiger partial charge in [0.1, 0.15) is 17.2 Å². The highest BCUT2D eigenvalue weighted by Gasteiger charge is 2.26. The van der Waals surface area contributed by atoms with Crippen molar-refractivity contribution in [1.29, 1.82) is 0 Å². The molecule has 3 rings (SSSR count). The number of ether oxygens (including phenoxy) is 3. The van der Waals surface area contributed by atoms with Gasteiger partial charge in [-0.05, 0) is 62.6 Å². The average Bonchev–Trinajstić information content (AvgIpc) is 2.82. The van der Waals surface area contributed by atoms with E-state index in [9.17, 15) is 13.2 Å². The van der Waals surface area contributed by atoms with Crippen LogP contribution in [0.5, 0.6) is 17.2 Å². The molecule has 1 aliphatic heterocycles. The van der Waals surface area contributed by atoms with Crippen molar-refractivity contribution in [3.05, 3.63) is 47.5 Å². The van der Waals surface area contributed by atoms with Crippen molar-refractivity contribution in [3.8, 4) is 17.2 Å². The van der Waals surface area contributed by atoms with Crippen molar-refractivity contribution in [3.63, 3.8) is 0 Å². The van der Waals surface area contributed by atoms with Crippen molar-refractivity contribution >= 4 is 15.9 Å². The first-order valence-electron chi connectivity index (χ1n) is 10.5. The number of hydrogen-bond donors (Lipinski definition) is 1. The number of nitrogens with zero attached hydrogens (tertiary/aromatic N) is 1. The van der Waals surface area contributed by atoms with Crippen LogP contribution in [-0.2, 0) is 10.0 Å². The fourth-order valence-electron chi connectivity index (χ4n) is 3.83. The number of piperidine rings is 1. The van der Waals surface area contributed by atoms with Crippen LogP contribution in [-0.4, -0.2) is 53.6 Å². The molecule has 1 N–H and O–H groups in total. The molecule has 1 heterocycles. The Morgan fingerprint density at radius 1 is 0.938 bits per heavy atom. The first kappa shape index (κ1) is 23.9. The lowest BCUT2D eigenvalue weighted by Gasteiger charge is -2.27. The highest BCUT2D eigenvalue weighted by molar-refractivity contribution is 7.89. The number of methoxy groups -OCH3 is 3. The van der Waals surface area contributed by atoms with Gasteiger partial charge in [0.2, 0.25) is 10.0 Å². The molecule has 0 aromatic heterocycles. The average molecular weight is 463 g/mol. The molecule has 1 saturated heterocycles. The van der Waals surface area contributed by atoms with E-state index in [0.717, 1.165) is 19.3 Å². The molecule has 174 valence electrons. The summed E-state index contributed by atoms with van der Waals surface area (Å²) in [6.45, 7) is 3.03. The van der Waals surface area contributed by atoms with Crippen LogP contribution >= 0.6 is 0 Å². The second kappa shape index (κ2) is 10.2. The summed E-state index contributed by atoms with van der Waals surface area (Å²) in [5, 5.41) is 0. The second-order valence-corrected chi connectivity index (χ2v) is 9.38. The molecule has 0 bridgehead atoms. The Labute approximate surface area is 189 Å². The van der Waals surface area contributed by atoms with Gasteiger partial charge in [-0.25, -0.2) is 13.1 Å². The molecule has 2 aromatic rings. The van der Waals surface area contributed by atoms with Gasteiger partial charge in [0, 0.05) is 24.7 Å². The quantitative estimate of drug-likeness (QED) is 0.646. The molecule has 0 unspecified atom stereocenters. The van der Waals surface area contributed by atoms with Gasteiger partial charge in [0.15, 0.2) is 0 Å². The van der Waals surface area contributed by atoms with Crippen LogP contribution in [0.15, 0.2) is 41.3 Å². The van der Waals surface area contributed by atoms with Crippen LogP contribution in [0, 0.1) is 0 Å². The molecule has 8 nitrogen and oxygen atoms in total. The van der Waals surface area contributed by atoms with Crippen LogP contribution in [0.4, 0.5) is 0 Å². The third-order valence-electron chi connectivity index (χ3n) is 5.59. The molecule has 0 saturated carbocycles. The smallest absolute Gasteiger partial charge is 0.257 e. The molecule has 1 amide bonds. The molecule has 1 fully saturated rings. The minimum atomic E-state index is -3.94. The fourth-order valence-corrected chi connectivity index (χ4v) is 5.08. The topological polar surface area (TPSA) is 94.2 Å². The number of sulfonamides is 1. The third kappa shape index (κ3) is 5.16. The molecule has 2 aromatic carbocycles. The van der Waals surface area contributed by atoms with E-state index in [2.05, 4.69) is 4.72 Å². The minimum Gasteiger partial charge on any atom is -0.497 e. The van der Waals surface area contributed by atoms with E-state index < -0.39 is 16.1 Å². The summed E-state index contributed by atoms with van der Waals surface area (Å²) < 4.78 is 45.0. The van der Waals surface area contributed by atoms with E-state index in [-0.39, 0.29) is 16.4 Å². The number of rotatable bonds is 8. The van der Waals surface area contributed by atoms with Gasteiger partial charge in [-0.15, -0.1) is 0 Å². The second-order valence-electron chi connectivity index (χ2n) is 7.67. The molecule has 0 spiro atoms. The van der Waals surface area contributed by atoms with Crippen molar-refractivity contribution in [2.24, 2.45) is 0 Å². The number of likely N-dealkylation sites (tertiary alicyclic amines) is 1. The zero-order valence-corrected chi connectivity index (χ0v) is 19.7. The Hall–Kier alpha value is -2.78. The molecule has 32 heavy (non-hydrogen) atoms. The first-order chi connectivity index (χ1) is 15.3. The summed E-state index contributed by atoms with van der Waals surface area (Å²) in [6.07, 6.45) is 2.96. The zero-order valence-electron chi connectivity index (χ0n) is 18.9. The molecule has 0 radical (unpaired) electrons. The Morgan fingerprint density at radius 2 is 1.59 bits per heavy atom. The Balaban J connectivity index is 1.90. The lowest BCUT2D eigenvalue weighted by Crippen LogP contribution is -2.36. The SMILES string of the molecule is COc1ccc(OC)c([C@@H](C)NS(=O)(=O)c2ccc(OC)c(C(=O)N3CCCCC3)c2)c1. The van der Waals surface area contributed by atoms with Crippen molar-refractivity contribution < 1.29 is 27.4 Å². The molecule has 9 heteroatoms. The van der Waals surface area contributed by atoms with Gasteiger partial charge in [0.05, 0.1) is 31.8 Å². The molecule has 1 aliphatic rings. The predicted molar refractivity (Wildman–Crippen MR) is 121 cm³/mol. The maximum absolute atomic E-state index is 13.2. The van der Waals surface area contributed by atoms with Crippen molar-refractivity contribution in [2.75, 3.05) is 34.4 Å². The standard InChI is InChI=1S/C23H30N2O6S/c1-16(19-14-17(29-2)8-10-21(19)30-3)24-32(27,28)18-9-11-22(31-4)20(15-18)23(26)25-12-6-5-7-13-25/h8-11,14-16,24H,5-7,12-13H2,1-4H3/t16-/m1/s1. The monoisotopic (exact) mass is 462 g/mol. The lowest BCUT2D eigenvalue weighted by molar-refractivity contribution is 0.0720. The highest BCUT2D eigenvalue weighted by atomic mass is 32.2. The number of amides is 1. The molecule has 1 atom stereocenters. The summed E-state index contributed by atoms with van der Waals surface area (Å²) in [4.78, 5) is 14.8. The summed E-state index contributed by atoms with van der Waals surface area (Å²) in [6, 6.07) is 8.92. The number of carbonyl (C=O) groups excluding carboxylic acids is 1. The third-order valence-corrected chi connectivity index (χ3v) is 7.13. The van der Waals surface area contributed by atoms with Gasteiger partial charge in [-0.1, -0.05) is 0 Å². The Bertz CT molecular complexity index is 1060. The van der Waals surface area contributed by atoms with E-state index >= 15 is 0 Å². The van der Waals surface area contributed by atoms with Gasteiger partial charge in [-0.2, -0.15) is 0 Å². The number of carbonyl (C=O) groups is 1. The van der Waals surface area contributed by atoms with Crippen LogP contribution in [0.3, 0.4) is 0 Å². The molecular weight excluding hydrogens is 432 g/mol. The predicted octanol–water partition coefficient (Wildman–Crippen LogP) is 3.38. The summed E-state index contributed by atoms with van der Waals surface area (Å²) in [7, 11) is 0.590. The van der Waals surface area contributed by atoms with Crippen molar-refractivity contribution in [1.82, 2.24) is 9.62 Å². The maximum Gasteiger partial charge on any atom is 0.257 e. The number of benzene rings is 2.